The molecule has 0 aromatic heterocycles. The number of ether oxygens (including phenoxy) is 3. The van der Waals surface area contributed by atoms with Gasteiger partial charge in [-0.2, -0.15) is 0 Å². The molecule has 0 saturated carbocycles. The SMILES string of the molecule is [B]C1C=NC(N(CCc2ccc(OC(C)(C)C(=O)OCC)cc2)Cc2ccc(OC(F)(F)F)cc2)=CC1. The average molecular weight is 514 g/mol. The molecule has 1 aliphatic heterocycles. The van der Waals surface area contributed by atoms with Gasteiger partial charge in [-0.1, -0.05) is 24.3 Å². The number of hydrogen-bond acceptors (Lipinski definition) is 6. The summed E-state index contributed by atoms with van der Waals surface area (Å²) in [5.74, 6) is 0.462. The van der Waals surface area contributed by atoms with Gasteiger partial charge in [-0.15, -0.1) is 13.2 Å². The first kappa shape index (κ1) is 28.2. The fraction of sp³-hybridized carbons (Fsp3) is 0.407. The molecule has 2 aromatic rings. The Hall–Kier alpha value is -3.43. The van der Waals surface area contributed by atoms with Crippen LogP contribution in [0.1, 0.15) is 38.3 Å². The van der Waals surface area contributed by atoms with Gasteiger partial charge in [0.2, 0.25) is 0 Å². The molecule has 0 aliphatic carbocycles. The van der Waals surface area contributed by atoms with E-state index in [2.05, 4.69) is 14.6 Å². The molecule has 0 amide bonds. The van der Waals surface area contributed by atoms with Gasteiger partial charge >= 0.3 is 12.3 Å². The van der Waals surface area contributed by atoms with Crippen LogP contribution in [-0.4, -0.2) is 50.0 Å². The fourth-order valence-corrected chi connectivity index (χ4v) is 3.66. The lowest BCUT2D eigenvalue weighted by molar-refractivity contribution is -0.274. The van der Waals surface area contributed by atoms with Crippen LogP contribution in [0.3, 0.4) is 0 Å². The second-order valence-electron chi connectivity index (χ2n) is 9.08. The maximum atomic E-state index is 12.5. The van der Waals surface area contributed by atoms with Crippen LogP contribution in [0.25, 0.3) is 0 Å². The molecular weight excluding hydrogens is 484 g/mol. The third-order valence-electron chi connectivity index (χ3n) is 5.56. The van der Waals surface area contributed by atoms with Crippen LogP contribution >= 0.6 is 0 Å². The van der Waals surface area contributed by atoms with Crippen LogP contribution in [-0.2, 0) is 22.5 Å². The Balaban J connectivity index is 1.66. The molecule has 0 N–H and O–H groups in total. The summed E-state index contributed by atoms with van der Waals surface area (Å²) in [5.41, 5.74) is 0.740. The Labute approximate surface area is 216 Å². The summed E-state index contributed by atoms with van der Waals surface area (Å²) in [6.45, 7) is 6.38. The number of esters is 1. The van der Waals surface area contributed by atoms with E-state index in [1.165, 1.54) is 12.1 Å². The molecule has 0 spiro atoms. The van der Waals surface area contributed by atoms with Gasteiger partial charge in [0.05, 0.1) is 14.5 Å². The van der Waals surface area contributed by atoms with Crippen molar-refractivity contribution in [2.24, 2.45) is 4.99 Å². The third kappa shape index (κ3) is 8.88. The van der Waals surface area contributed by atoms with Crippen molar-refractivity contribution in [2.75, 3.05) is 13.2 Å². The summed E-state index contributed by atoms with van der Waals surface area (Å²) in [7, 11) is 5.92. The van der Waals surface area contributed by atoms with Crippen molar-refractivity contribution in [2.45, 2.75) is 57.9 Å². The summed E-state index contributed by atoms with van der Waals surface area (Å²) in [6, 6.07) is 13.2. The highest BCUT2D eigenvalue weighted by Crippen LogP contribution is 2.25. The molecule has 2 aromatic carbocycles. The summed E-state index contributed by atoms with van der Waals surface area (Å²) in [6.07, 6.45) is 0.245. The van der Waals surface area contributed by atoms with Crippen molar-refractivity contribution >= 4 is 20.0 Å². The van der Waals surface area contributed by atoms with Crippen LogP contribution < -0.4 is 9.47 Å². The zero-order valence-electron chi connectivity index (χ0n) is 21.1. The largest absolute Gasteiger partial charge is 0.573 e. The van der Waals surface area contributed by atoms with E-state index < -0.39 is 17.9 Å². The van der Waals surface area contributed by atoms with Crippen molar-refractivity contribution < 1.29 is 32.2 Å². The molecule has 6 nitrogen and oxygen atoms in total. The Kier molecular flexibility index (Phi) is 9.29. The van der Waals surface area contributed by atoms with Crippen molar-refractivity contribution in [3.63, 3.8) is 0 Å². The zero-order valence-corrected chi connectivity index (χ0v) is 21.1. The van der Waals surface area contributed by atoms with Crippen molar-refractivity contribution in [1.29, 1.82) is 0 Å². The highest BCUT2D eigenvalue weighted by atomic mass is 19.4. The lowest BCUT2D eigenvalue weighted by atomic mass is 9.84. The highest BCUT2D eigenvalue weighted by Gasteiger charge is 2.32. The highest BCUT2D eigenvalue weighted by molar-refractivity contribution is 6.20. The minimum atomic E-state index is -4.73. The lowest BCUT2D eigenvalue weighted by Gasteiger charge is -2.27. The smallest absolute Gasteiger partial charge is 0.476 e. The van der Waals surface area contributed by atoms with Crippen LogP contribution in [0, 0.1) is 0 Å². The number of allylic oxidation sites excluding steroid dienone is 1. The molecule has 1 unspecified atom stereocenters. The Bertz CT molecular complexity index is 1100. The topological polar surface area (TPSA) is 60.4 Å². The molecule has 3 rings (SSSR count). The van der Waals surface area contributed by atoms with Gasteiger partial charge in [-0.05, 0) is 80.9 Å². The molecule has 196 valence electrons. The maximum Gasteiger partial charge on any atom is 0.573 e. The zero-order chi connectivity index (χ0) is 27.1. The second kappa shape index (κ2) is 12.2. The number of rotatable bonds is 11. The second-order valence-corrected chi connectivity index (χ2v) is 9.08. The number of benzene rings is 2. The van der Waals surface area contributed by atoms with E-state index in [9.17, 15) is 18.0 Å². The van der Waals surface area contributed by atoms with Gasteiger partial charge in [0, 0.05) is 19.3 Å². The average Bonchev–Trinajstić information content (AvgIpc) is 2.83. The molecule has 0 bridgehead atoms. The van der Waals surface area contributed by atoms with Crippen molar-refractivity contribution in [3.8, 4) is 11.5 Å². The lowest BCUT2D eigenvalue weighted by Crippen LogP contribution is -2.39. The quantitative estimate of drug-likeness (QED) is 0.288. The van der Waals surface area contributed by atoms with Crippen LogP contribution in [0.4, 0.5) is 13.2 Å². The van der Waals surface area contributed by atoms with Gasteiger partial charge < -0.3 is 19.1 Å². The van der Waals surface area contributed by atoms with Gasteiger partial charge in [-0.3, -0.25) is 0 Å². The maximum absolute atomic E-state index is 12.5. The predicted molar refractivity (Wildman–Crippen MR) is 136 cm³/mol. The fourth-order valence-electron chi connectivity index (χ4n) is 3.66. The summed E-state index contributed by atoms with van der Waals surface area (Å²) >= 11 is 0. The standard InChI is InChI=1S/C27H30BF3N2O4/c1-4-35-25(34)26(2,3)36-22-10-5-19(6-11-22)15-16-33(24-14-9-21(28)17-32-24)18-20-7-12-23(13-8-20)37-27(29,30)31/h5-8,10-14,17,21H,4,9,15-16,18H2,1-3H3. The normalized spacial score (nSPS) is 15.6. The molecule has 10 heteroatoms. The summed E-state index contributed by atoms with van der Waals surface area (Å²) in [5, 5.41) is 0. The van der Waals surface area contributed by atoms with Crippen molar-refractivity contribution in [1.82, 2.24) is 4.90 Å². The molecule has 0 saturated heterocycles. The first-order valence-electron chi connectivity index (χ1n) is 12.0. The van der Waals surface area contributed by atoms with Gasteiger partial charge in [0.1, 0.15) is 17.3 Å². The number of nitrogens with zero attached hydrogens (tertiary/aromatic N) is 2. The number of carbonyl (C=O) groups is 1. The molecular formula is C27H30BF3N2O4. The number of alkyl halides is 3. The number of aliphatic imine (C=N–C) groups is 1. The van der Waals surface area contributed by atoms with E-state index in [-0.39, 0.29) is 18.2 Å². The number of halogens is 3. The van der Waals surface area contributed by atoms with Crippen LogP contribution in [0.5, 0.6) is 11.5 Å². The van der Waals surface area contributed by atoms with Gasteiger partial charge in [0.25, 0.3) is 0 Å². The molecule has 2 radical (unpaired) electrons. The Morgan fingerprint density at radius 1 is 1.03 bits per heavy atom. The van der Waals surface area contributed by atoms with Crippen LogP contribution in [0.15, 0.2) is 65.4 Å². The summed E-state index contributed by atoms with van der Waals surface area (Å²) < 4.78 is 52.2. The number of hydrogen-bond donors (Lipinski definition) is 0. The Morgan fingerprint density at radius 2 is 1.62 bits per heavy atom. The Morgan fingerprint density at radius 3 is 2.16 bits per heavy atom. The monoisotopic (exact) mass is 514 g/mol. The predicted octanol–water partition coefficient (Wildman–Crippen LogP) is 5.62. The molecule has 1 atom stereocenters. The van der Waals surface area contributed by atoms with Gasteiger partial charge in [-0.25, -0.2) is 9.79 Å². The van der Waals surface area contributed by atoms with E-state index in [0.717, 1.165) is 16.9 Å². The van der Waals surface area contributed by atoms with E-state index in [0.29, 0.717) is 31.7 Å². The minimum absolute atomic E-state index is 0.143. The van der Waals surface area contributed by atoms with E-state index >= 15 is 0 Å². The van der Waals surface area contributed by atoms with Crippen LogP contribution in [0.2, 0.25) is 5.82 Å². The molecule has 0 fully saturated rings. The molecule has 1 aliphatic rings. The first-order chi connectivity index (χ1) is 17.4. The summed E-state index contributed by atoms with van der Waals surface area (Å²) in [4.78, 5) is 18.6. The molecule has 37 heavy (non-hydrogen) atoms. The van der Waals surface area contributed by atoms with E-state index in [4.69, 9.17) is 17.3 Å². The molecule has 1 heterocycles. The van der Waals surface area contributed by atoms with Gasteiger partial charge in [0.15, 0.2) is 5.60 Å². The van der Waals surface area contributed by atoms with Crippen molar-refractivity contribution in [3.05, 3.63) is 71.6 Å². The number of carbonyl (C=O) groups excluding carboxylic acids is 1. The minimum Gasteiger partial charge on any atom is -0.476 e. The van der Waals surface area contributed by atoms with E-state index in [1.807, 2.05) is 18.2 Å². The van der Waals surface area contributed by atoms with E-state index in [1.54, 1.807) is 51.3 Å². The first-order valence-corrected chi connectivity index (χ1v) is 12.0. The third-order valence-corrected chi connectivity index (χ3v) is 5.56.